The van der Waals surface area contributed by atoms with E-state index in [1.807, 2.05) is 54.1 Å². The smallest absolute Gasteiger partial charge is 0.226 e. The van der Waals surface area contributed by atoms with E-state index >= 15 is 0 Å². The van der Waals surface area contributed by atoms with E-state index in [1.165, 1.54) is 4.90 Å². The molecule has 0 aliphatic heterocycles. The highest BCUT2D eigenvalue weighted by Crippen LogP contribution is 2.18. The molecule has 0 bridgehead atoms. The largest absolute Gasteiger partial charge is 0.311 e. The van der Waals surface area contributed by atoms with Crippen LogP contribution in [0.15, 0.2) is 71.6 Å². The molecule has 2 aromatic carbocycles. The molecule has 0 saturated heterocycles. The lowest BCUT2D eigenvalue weighted by molar-refractivity contribution is -0.115. The molecular weight excluding hydrogens is 330 g/mol. The van der Waals surface area contributed by atoms with Crippen molar-refractivity contribution < 1.29 is 4.79 Å². The van der Waals surface area contributed by atoms with Crippen molar-refractivity contribution in [2.45, 2.75) is 24.8 Å². The Balaban J connectivity index is 1.56. The van der Waals surface area contributed by atoms with E-state index in [4.69, 9.17) is 0 Å². The summed E-state index contributed by atoms with van der Waals surface area (Å²) in [6.45, 7) is 2.57. The fourth-order valence-corrected chi connectivity index (χ4v) is 3.38. The van der Waals surface area contributed by atoms with Crippen molar-refractivity contribution in [1.82, 2.24) is 9.78 Å². The lowest BCUT2D eigenvalue weighted by Gasteiger charge is -2.09. The molecule has 1 N–H and O–H groups in total. The van der Waals surface area contributed by atoms with Gasteiger partial charge < -0.3 is 5.32 Å². The van der Waals surface area contributed by atoms with E-state index < -0.39 is 0 Å². The standard InChI is InChI=1S/C20H21N3OS/c1-16-14-19(23(22-16)15-17-8-4-2-5-9-17)21-20(24)12-13-25-18-10-6-3-7-11-18/h2-11,14H,12-13,15H2,1H3,(H,21,24). The van der Waals surface area contributed by atoms with Crippen molar-refractivity contribution in [3.63, 3.8) is 0 Å². The molecule has 128 valence electrons. The maximum atomic E-state index is 12.3. The third-order valence-corrected chi connectivity index (χ3v) is 4.70. The molecule has 5 heteroatoms. The number of hydrogen-bond donors (Lipinski definition) is 1. The molecule has 0 spiro atoms. The fourth-order valence-electron chi connectivity index (χ4n) is 2.51. The summed E-state index contributed by atoms with van der Waals surface area (Å²) in [5.41, 5.74) is 2.05. The van der Waals surface area contributed by atoms with Gasteiger partial charge in [-0.2, -0.15) is 5.10 Å². The zero-order valence-electron chi connectivity index (χ0n) is 14.2. The highest BCUT2D eigenvalue weighted by atomic mass is 32.2. The molecule has 3 rings (SSSR count). The highest BCUT2D eigenvalue weighted by molar-refractivity contribution is 7.99. The molecule has 4 nitrogen and oxygen atoms in total. The third kappa shape index (κ3) is 5.22. The second-order valence-electron chi connectivity index (χ2n) is 5.77. The predicted molar refractivity (Wildman–Crippen MR) is 103 cm³/mol. The second kappa shape index (κ2) is 8.53. The van der Waals surface area contributed by atoms with Crippen molar-refractivity contribution in [1.29, 1.82) is 0 Å². The summed E-state index contributed by atoms with van der Waals surface area (Å²) in [6.07, 6.45) is 0.467. The Morgan fingerprint density at radius 3 is 2.48 bits per heavy atom. The van der Waals surface area contributed by atoms with Crippen LogP contribution in [0.3, 0.4) is 0 Å². The van der Waals surface area contributed by atoms with Gasteiger partial charge in [0.25, 0.3) is 0 Å². The summed E-state index contributed by atoms with van der Waals surface area (Å²) < 4.78 is 1.84. The Hall–Kier alpha value is -2.53. The Kier molecular flexibility index (Phi) is 5.90. The van der Waals surface area contributed by atoms with Crippen LogP contribution in [0.1, 0.15) is 17.7 Å². The molecule has 0 saturated carbocycles. The third-order valence-electron chi connectivity index (χ3n) is 3.69. The summed E-state index contributed by atoms with van der Waals surface area (Å²) in [4.78, 5) is 13.4. The second-order valence-corrected chi connectivity index (χ2v) is 6.94. The first-order valence-corrected chi connectivity index (χ1v) is 9.25. The van der Waals surface area contributed by atoms with Crippen LogP contribution in [0.2, 0.25) is 0 Å². The molecule has 0 atom stereocenters. The summed E-state index contributed by atoms with van der Waals surface area (Å²) in [6, 6.07) is 22.1. The normalized spacial score (nSPS) is 10.6. The molecule has 0 aliphatic carbocycles. The van der Waals surface area contributed by atoms with Crippen LogP contribution < -0.4 is 5.32 Å². The van der Waals surface area contributed by atoms with Crippen LogP contribution in [0.25, 0.3) is 0 Å². The maximum Gasteiger partial charge on any atom is 0.226 e. The molecule has 3 aromatic rings. The van der Waals surface area contributed by atoms with Crippen LogP contribution in [0.4, 0.5) is 5.82 Å². The lowest BCUT2D eigenvalue weighted by Crippen LogP contribution is -2.16. The topological polar surface area (TPSA) is 46.9 Å². The summed E-state index contributed by atoms with van der Waals surface area (Å²) in [7, 11) is 0. The Morgan fingerprint density at radius 1 is 1.08 bits per heavy atom. The zero-order chi connectivity index (χ0) is 17.5. The van der Waals surface area contributed by atoms with Crippen molar-refractivity contribution >= 4 is 23.5 Å². The van der Waals surface area contributed by atoms with Gasteiger partial charge in [0, 0.05) is 23.1 Å². The van der Waals surface area contributed by atoms with Gasteiger partial charge in [-0.05, 0) is 24.6 Å². The molecule has 1 amide bonds. The molecule has 0 aliphatic rings. The minimum Gasteiger partial charge on any atom is -0.311 e. The van der Waals surface area contributed by atoms with Gasteiger partial charge in [0.15, 0.2) is 0 Å². The van der Waals surface area contributed by atoms with Gasteiger partial charge in [0.2, 0.25) is 5.91 Å². The van der Waals surface area contributed by atoms with E-state index in [0.717, 1.165) is 22.8 Å². The lowest BCUT2D eigenvalue weighted by atomic mass is 10.2. The van der Waals surface area contributed by atoms with Crippen LogP contribution in [-0.2, 0) is 11.3 Å². The van der Waals surface area contributed by atoms with Crippen LogP contribution in [0, 0.1) is 6.92 Å². The first-order chi connectivity index (χ1) is 12.2. The number of aromatic nitrogens is 2. The van der Waals surface area contributed by atoms with Gasteiger partial charge in [-0.1, -0.05) is 48.5 Å². The Morgan fingerprint density at radius 2 is 1.76 bits per heavy atom. The van der Waals surface area contributed by atoms with Gasteiger partial charge in [-0.3, -0.25) is 4.79 Å². The average molecular weight is 351 g/mol. The quantitative estimate of drug-likeness (QED) is 0.643. The number of aryl methyl sites for hydroxylation is 1. The number of amides is 1. The van der Waals surface area contributed by atoms with Gasteiger partial charge in [0.1, 0.15) is 5.82 Å². The SMILES string of the molecule is Cc1cc(NC(=O)CCSc2ccccc2)n(Cc2ccccc2)n1. The molecule has 25 heavy (non-hydrogen) atoms. The summed E-state index contributed by atoms with van der Waals surface area (Å²) in [5, 5.41) is 7.47. The van der Waals surface area contributed by atoms with E-state index in [9.17, 15) is 4.79 Å². The zero-order valence-corrected chi connectivity index (χ0v) is 15.0. The van der Waals surface area contributed by atoms with Gasteiger partial charge >= 0.3 is 0 Å². The Bertz CT molecular complexity index is 815. The number of nitrogens with zero attached hydrogens (tertiary/aromatic N) is 2. The molecule has 0 unspecified atom stereocenters. The van der Waals surface area contributed by atoms with Crippen molar-refractivity contribution in [2.75, 3.05) is 11.1 Å². The first kappa shape index (κ1) is 17.3. The number of carbonyl (C=O) groups excluding carboxylic acids is 1. The first-order valence-electron chi connectivity index (χ1n) is 8.27. The average Bonchev–Trinajstić information content (AvgIpc) is 2.95. The van der Waals surface area contributed by atoms with E-state index in [1.54, 1.807) is 11.8 Å². The summed E-state index contributed by atoms with van der Waals surface area (Å²) >= 11 is 1.69. The monoisotopic (exact) mass is 351 g/mol. The predicted octanol–water partition coefficient (Wildman–Crippen LogP) is 4.36. The minimum atomic E-state index is 0.0117. The van der Waals surface area contributed by atoms with Gasteiger partial charge in [-0.25, -0.2) is 4.68 Å². The molecule has 1 heterocycles. The summed E-state index contributed by atoms with van der Waals surface area (Å²) in [5.74, 6) is 1.51. The number of benzene rings is 2. The van der Waals surface area contributed by atoms with Crippen LogP contribution in [-0.4, -0.2) is 21.4 Å². The maximum absolute atomic E-state index is 12.3. The number of rotatable bonds is 7. The number of anilines is 1. The molecule has 0 radical (unpaired) electrons. The van der Waals surface area contributed by atoms with Crippen LogP contribution in [0.5, 0.6) is 0 Å². The van der Waals surface area contributed by atoms with Crippen molar-refractivity contribution in [3.05, 3.63) is 78.0 Å². The molecule has 0 fully saturated rings. The van der Waals surface area contributed by atoms with E-state index in [-0.39, 0.29) is 5.91 Å². The fraction of sp³-hybridized carbons (Fsp3) is 0.200. The molecule has 1 aromatic heterocycles. The number of thioether (sulfide) groups is 1. The molecular formula is C20H21N3OS. The van der Waals surface area contributed by atoms with Crippen molar-refractivity contribution in [2.24, 2.45) is 0 Å². The number of hydrogen-bond acceptors (Lipinski definition) is 3. The Labute approximate surface area is 152 Å². The number of nitrogens with one attached hydrogen (secondary N) is 1. The highest BCUT2D eigenvalue weighted by Gasteiger charge is 2.10. The van der Waals surface area contributed by atoms with Gasteiger partial charge in [0.05, 0.1) is 12.2 Å². The number of carbonyl (C=O) groups is 1. The minimum absolute atomic E-state index is 0.0117. The van der Waals surface area contributed by atoms with Crippen LogP contribution >= 0.6 is 11.8 Å². The van der Waals surface area contributed by atoms with E-state index in [0.29, 0.717) is 13.0 Å². The van der Waals surface area contributed by atoms with Gasteiger partial charge in [-0.15, -0.1) is 11.8 Å². The van der Waals surface area contributed by atoms with E-state index in [2.05, 4.69) is 34.7 Å². The van der Waals surface area contributed by atoms with Crippen molar-refractivity contribution in [3.8, 4) is 0 Å².